The quantitative estimate of drug-likeness (QED) is 0.886. The van der Waals surface area contributed by atoms with Crippen molar-refractivity contribution in [3.8, 4) is 0 Å². The SMILES string of the molecule is Cc1c(NC(=O)[C@@H]2CCCCO2)cc(Br)cc1C(=O)O. The lowest BCUT2D eigenvalue weighted by Gasteiger charge is -2.22. The predicted molar refractivity (Wildman–Crippen MR) is 78.1 cm³/mol. The van der Waals surface area contributed by atoms with E-state index >= 15 is 0 Å². The maximum absolute atomic E-state index is 12.1. The minimum absolute atomic E-state index is 0.166. The van der Waals surface area contributed by atoms with Crippen LogP contribution in [0.15, 0.2) is 16.6 Å². The highest BCUT2D eigenvalue weighted by molar-refractivity contribution is 9.10. The van der Waals surface area contributed by atoms with Crippen LogP contribution in [0.25, 0.3) is 0 Å². The van der Waals surface area contributed by atoms with Gasteiger partial charge in [-0.2, -0.15) is 0 Å². The number of rotatable bonds is 3. The third-order valence-corrected chi connectivity index (χ3v) is 3.79. The first-order valence-electron chi connectivity index (χ1n) is 6.45. The molecule has 0 unspecified atom stereocenters. The van der Waals surface area contributed by atoms with Gasteiger partial charge in [0.2, 0.25) is 0 Å². The van der Waals surface area contributed by atoms with E-state index in [4.69, 9.17) is 9.84 Å². The van der Waals surface area contributed by atoms with Crippen LogP contribution in [0.3, 0.4) is 0 Å². The van der Waals surface area contributed by atoms with E-state index in [9.17, 15) is 9.59 Å². The van der Waals surface area contributed by atoms with Gasteiger partial charge in [0.15, 0.2) is 0 Å². The highest BCUT2D eigenvalue weighted by atomic mass is 79.9. The van der Waals surface area contributed by atoms with Crippen LogP contribution in [-0.2, 0) is 9.53 Å². The Kier molecular flexibility index (Phi) is 4.77. The van der Waals surface area contributed by atoms with E-state index < -0.39 is 12.1 Å². The van der Waals surface area contributed by atoms with Crippen molar-refractivity contribution < 1.29 is 19.4 Å². The van der Waals surface area contributed by atoms with Crippen LogP contribution in [-0.4, -0.2) is 29.7 Å². The zero-order chi connectivity index (χ0) is 14.7. The molecular formula is C14H16BrNO4. The topological polar surface area (TPSA) is 75.6 Å². The van der Waals surface area contributed by atoms with Gasteiger partial charge in [0.05, 0.1) is 5.56 Å². The molecule has 1 aromatic carbocycles. The molecule has 0 spiro atoms. The second-order valence-corrected chi connectivity index (χ2v) is 5.69. The molecule has 1 heterocycles. The summed E-state index contributed by atoms with van der Waals surface area (Å²) in [5.74, 6) is -1.24. The van der Waals surface area contributed by atoms with Crippen molar-refractivity contribution in [1.82, 2.24) is 0 Å². The second-order valence-electron chi connectivity index (χ2n) is 4.78. The lowest BCUT2D eigenvalue weighted by atomic mass is 10.1. The first-order chi connectivity index (χ1) is 9.49. The molecular weight excluding hydrogens is 326 g/mol. The molecule has 0 aromatic heterocycles. The number of hydrogen-bond acceptors (Lipinski definition) is 3. The molecule has 1 atom stereocenters. The van der Waals surface area contributed by atoms with Crippen LogP contribution >= 0.6 is 15.9 Å². The Morgan fingerprint density at radius 2 is 2.15 bits per heavy atom. The largest absolute Gasteiger partial charge is 0.478 e. The lowest BCUT2D eigenvalue weighted by Crippen LogP contribution is -2.33. The summed E-state index contributed by atoms with van der Waals surface area (Å²) in [6.07, 6.45) is 2.19. The van der Waals surface area contributed by atoms with Gasteiger partial charge in [0, 0.05) is 16.8 Å². The van der Waals surface area contributed by atoms with Crippen molar-refractivity contribution >= 4 is 33.5 Å². The first-order valence-corrected chi connectivity index (χ1v) is 7.24. The van der Waals surface area contributed by atoms with Crippen molar-refractivity contribution in [2.45, 2.75) is 32.3 Å². The van der Waals surface area contributed by atoms with Crippen molar-refractivity contribution in [3.63, 3.8) is 0 Å². The lowest BCUT2D eigenvalue weighted by molar-refractivity contribution is -0.129. The van der Waals surface area contributed by atoms with E-state index in [0.29, 0.717) is 28.8 Å². The fraction of sp³-hybridized carbons (Fsp3) is 0.429. The molecule has 1 fully saturated rings. The summed E-state index contributed by atoms with van der Waals surface area (Å²) in [5.41, 5.74) is 1.19. The Balaban J connectivity index is 2.20. The van der Waals surface area contributed by atoms with Gasteiger partial charge in [-0.25, -0.2) is 4.79 Å². The average molecular weight is 342 g/mol. The molecule has 5 nitrogen and oxygen atoms in total. The zero-order valence-electron chi connectivity index (χ0n) is 11.1. The van der Waals surface area contributed by atoms with Crippen LogP contribution < -0.4 is 5.32 Å². The molecule has 1 aliphatic rings. The number of amides is 1. The van der Waals surface area contributed by atoms with Crippen LogP contribution in [0.5, 0.6) is 0 Å². The second kappa shape index (κ2) is 6.37. The number of hydrogen-bond donors (Lipinski definition) is 2. The highest BCUT2D eigenvalue weighted by Crippen LogP contribution is 2.26. The van der Waals surface area contributed by atoms with Gasteiger partial charge >= 0.3 is 5.97 Å². The molecule has 2 N–H and O–H groups in total. The average Bonchev–Trinajstić information content (AvgIpc) is 2.43. The molecule has 2 rings (SSSR count). The number of carbonyl (C=O) groups excluding carboxylic acids is 1. The molecule has 6 heteroatoms. The van der Waals surface area contributed by atoms with Gasteiger partial charge < -0.3 is 15.2 Å². The fourth-order valence-electron chi connectivity index (χ4n) is 2.19. The summed E-state index contributed by atoms with van der Waals surface area (Å²) in [7, 11) is 0. The van der Waals surface area contributed by atoms with E-state index in [-0.39, 0.29) is 11.5 Å². The number of carboxylic acid groups (broad SMARTS) is 1. The third-order valence-electron chi connectivity index (χ3n) is 3.33. The number of carboxylic acids is 1. The molecule has 1 aliphatic heterocycles. The maximum Gasteiger partial charge on any atom is 0.336 e. The number of aromatic carboxylic acids is 1. The maximum atomic E-state index is 12.1. The molecule has 1 amide bonds. The van der Waals surface area contributed by atoms with Gasteiger partial charge in [-0.15, -0.1) is 0 Å². The smallest absolute Gasteiger partial charge is 0.336 e. The van der Waals surface area contributed by atoms with Gasteiger partial charge in [-0.1, -0.05) is 15.9 Å². The van der Waals surface area contributed by atoms with E-state index in [1.54, 1.807) is 13.0 Å². The summed E-state index contributed by atoms with van der Waals surface area (Å²) < 4.78 is 6.03. The van der Waals surface area contributed by atoms with Gasteiger partial charge in [0.25, 0.3) is 5.91 Å². The molecule has 1 aromatic rings. The first kappa shape index (κ1) is 15.0. The number of nitrogens with one attached hydrogen (secondary N) is 1. The van der Waals surface area contributed by atoms with Gasteiger partial charge in [-0.05, 0) is 43.9 Å². The van der Waals surface area contributed by atoms with E-state index in [0.717, 1.165) is 12.8 Å². The van der Waals surface area contributed by atoms with E-state index in [1.807, 2.05) is 0 Å². The Morgan fingerprint density at radius 3 is 2.75 bits per heavy atom. The zero-order valence-corrected chi connectivity index (χ0v) is 12.7. The Hall–Kier alpha value is -1.40. The normalized spacial score (nSPS) is 18.6. The molecule has 0 saturated carbocycles. The minimum Gasteiger partial charge on any atom is -0.478 e. The number of anilines is 1. The molecule has 108 valence electrons. The predicted octanol–water partition coefficient (Wildman–Crippen LogP) is 2.96. The van der Waals surface area contributed by atoms with Crippen LogP contribution in [0.1, 0.15) is 35.2 Å². The minimum atomic E-state index is -1.02. The molecule has 20 heavy (non-hydrogen) atoms. The van der Waals surface area contributed by atoms with E-state index in [2.05, 4.69) is 21.2 Å². The van der Waals surface area contributed by atoms with Crippen LogP contribution in [0.2, 0.25) is 0 Å². The Bertz CT molecular complexity index is 538. The summed E-state index contributed by atoms with van der Waals surface area (Å²) in [6.45, 7) is 2.27. The van der Waals surface area contributed by atoms with Crippen molar-refractivity contribution in [1.29, 1.82) is 0 Å². The molecule has 0 aliphatic carbocycles. The van der Waals surface area contributed by atoms with E-state index in [1.165, 1.54) is 6.07 Å². The van der Waals surface area contributed by atoms with Crippen molar-refractivity contribution in [2.75, 3.05) is 11.9 Å². The van der Waals surface area contributed by atoms with Crippen LogP contribution in [0, 0.1) is 6.92 Å². The van der Waals surface area contributed by atoms with Crippen molar-refractivity contribution in [3.05, 3.63) is 27.7 Å². The van der Waals surface area contributed by atoms with Crippen molar-refractivity contribution in [2.24, 2.45) is 0 Å². The monoisotopic (exact) mass is 341 g/mol. The summed E-state index contributed by atoms with van der Waals surface area (Å²) in [5, 5.41) is 11.9. The standard InChI is InChI=1S/C14H16BrNO4/c1-8-10(14(18)19)6-9(15)7-11(8)16-13(17)12-4-2-3-5-20-12/h6-7,12H,2-5H2,1H3,(H,16,17)(H,18,19)/t12-/m0/s1. The molecule has 1 saturated heterocycles. The number of halogens is 1. The van der Waals surface area contributed by atoms with Crippen LogP contribution in [0.4, 0.5) is 5.69 Å². The summed E-state index contributed by atoms with van der Waals surface area (Å²) in [6, 6.07) is 3.22. The summed E-state index contributed by atoms with van der Waals surface area (Å²) in [4.78, 5) is 23.3. The number of carbonyl (C=O) groups is 2. The Morgan fingerprint density at radius 1 is 1.40 bits per heavy atom. The number of benzene rings is 1. The molecule has 0 bridgehead atoms. The highest BCUT2D eigenvalue weighted by Gasteiger charge is 2.23. The Labute approximate surface area is 125 Å². The molecule has 0 radical (unpaired) electrons. The third kappa shape index (κ3) is 3.37. The fourth-order valence-corrected chi connectivity index (χ4v) is 2.65. The van der Waals surface area contributed by atoms with Gasteiger partial charge in [0.1, 0.15) is 6.10 Å². The number of ether oxygens (including phenoxy) is 1. The summed E-state index contributed by atoms with van der Waals surface area (Å²) >= 11 is 3.26. The van der Waals surface area contributed by atoms with Gasteiger partial charge in [-0.3, -0.25) is 4.79 Å².